The second-order valence-corrected chi connectivity index (χ2v) is 8.44. The summed E-state index contributed by atoms with van der Waals surface area (Å²) < 4.78 is 79.8. The maximum atomic E-state index is 13.6. The molecule has 0 aliphatic heterocycles. The van der Waals surface area contributed by atoms with Crippen LogP contribution in [0.15, 0.2) is 66.7 Å². The van der Waals surface area contributed by atoms with Crippen LogP contribution < -0.4 is 10.6 Å². The maximum absolute atomic E-state index is 13.6. The second kappa shape index (κ2) is 9.67. The molecule has 2 N–H and O–H groups in total. The Bertz CT molecular complexity index is 1330. The highest BCUT2D eigenvalue weighted by Crippen LogP contribution is 2.36. The first-order valence-corrected chi connectivity index (χ1v) is 11.0. The zero-order valence-electron chi connectivity index (χ0n) is 18.6. The van der Waals surface area contributed by atoms with E-state index >= 15 is 0 Å². The van der Waals surface area contributed by atoms with Crippen LogP contribution in [0.25, 0.3) is 16.8 Å². The molecule has 10 heteroatoms. The highest BCUT2D eigenvalue weighted by molar-refractivity contribution is 6.09. The van der Waals surface area contributed by atoms with E-state index in [0.29, 0.717) is 34.0 Å². The number of carbonyl (C=O) groups excluding carboxylic acids is 2. The summed E-state index contributed by atoms with van der Waals surface area (Å²) in [6.45, 7) is 0. The van der Waals surface area contributed by atoms with E-state index in [-0.39, 0.29) is 11.9 Å². The number of amides is 2. The summed E-state index contributed by atoms with van der Waals surface area (Å²) in [4.78, 5) is 24.9. The van der Waals surface area contributed by atoms with E-state index in [2.05, 4.69) is 5.32 Å². The van der Waals surface area contributed by atoms with Crippen molar-refractivity contribution in [2.24, 2.45) is 0 Å². The Morgan fingerprint density at radius 2 is 1.58 bits per heavy atom. The number of nitrogens with one attached hydrogen (secondary N) is 2. The Hall–Kier alpha value is -3.82. The van der Waals surface area contributed by atoms with Gasteiger partial charge >= 0.3 is 12.4 Å². The summed E-state index contributed by atoms with van der Waals surface area (Å²) in [5.74, 6) is -1.38. The predicted octanol–water partition coefficient (Wildman–Crippen LogP) is 6.18. The lowest BCUT2D eigenvalue weighted by atomic mass is 9.98. The summed E-state index contributed by atoms with van der Waals surface area (Å²) in [7, 11) is 0. The van der Waals surface area contributed by atoms with E-state index in [1.54, 1.807) is 41.7 Å². The monoisotopic (exact) mass is 506 g/mol. The van der Waals surface area contributed by atoms with Gasteiger partial charge in [0.05, 0.1) is 5.56 Å². The molecule has 0 aromatic heterocycles. The minimum absolute atomic E-state index is 0.151. The Balaban J connectivity index is 1.58. The molecule has 3 aromatic rings. The number of benzene rings is 3. The number of carbonyl (C=O) groups is 2. The van der Waals surface area contributed by atoms with E-state index in [1.165, 1.54) is 6.08 Å². The smallest absolute Gasteiger partial charge is 0.349 e. The number of rotatable bonds is 6. The van der Waals surface area contributed by atoms with Gasteiger partial charge in [-0.2, -0.15) is 26.3 Å². The van der Waals surface area contributed by atoms with Gasteiger partial charge in [0.15, 0.2) is 6.04 Å². The largest absolute Gasteiger partial charge is 0.416 e. The third-order valence-corrected chi connectivity index (χ3v) is 5.69. The molecule has 0 bridgehead atoms. The summed E-state index contributed by atoms with van der Waals surface area (Å²) in [5, 5.41) is 5.86. The minimum Gasteiger partial charge on any atom is -0.349 e. The van der Waals surface area contributed by atoms with Crippen molar-refractivity contribution in [3.63, 3.8) is 0 Å². The molecule has 4 rings (SSSR count). The normalized spacial score (nSPS) is 15.2. The van der Waals surface area contributed by atoms with Crippen molar-refractivity contribution >= 4 is 28.7 Å². The van der Waals surface area contributed by atoms with Crippen LogP contribution in [0.2, 0.25) is 0 Å². The van der Waals surface area contributed by atoms with E-state index in [0.717, 1.165) is 31.1 Å². The Labute approximate surface area is 202 Å². The minimum atomic E-state index is -5.03. The molecule has 1 fully saturated rings. The van der Waals surface area contributed by atoms with E-state index < -0.39 is 35.4 Å². The summed E-state index contributed by atoms with van der Waals surface area (Å²) in [6, 6.07) is 10.3. The van der Waals surface area contributed by atoms with Gasteiger partial charge in [-0.3, -0.25) is 9.59 Å². The van der Waals surface area contributed by atoms with Crippen molar-refractivity contribution in [1.29, 1.82) is 0 Å². The topological polar surface area (TPSA) is 58.2 Å². The zero-order chi connectivity index (χ0) is 26.1. The molecule has 1 saturated carbocycles. The average Bonchev–Trinajstić information content (AvgIpc) is 3.63. The molecule has 1 unspecified atom stereocenters. The number of hydrogen-bond donors (Lipinski definition) is 2. The fourth-order valence-corrected chi connectivity index (χ4v) is 3.76. The molecule has 36 heavy (non-hydrogen) atoms. The first-order valence-electron chi connectivity index (χ1n) is 11.0. The number of halogens is 6. The van der Waals surface area contributed by atoms with Crippen LogP contribution in [0, 0.1) is 0 Å². The first kappa shape index (κ1) is 25.3. The molecular formula is C26H20F6N2O2. The molecule has 188 valence electrons. The predicted molar refractivity (Wildman–Crippen MR) is 122 cm³/mol. The zero-order valence-corrected chi connectivity index (χ0v) is 18.6. The van der Waals surface area contributed by atoms with Gasteiger partial charge in [-0.1, -0.05) is 42.5 Å². The lowest BCUT2D eigenvalue weighted by Crippen LogP contribution is -2.37. The molecule has 1 atom stereocenters. The molecule has 0 heterocycles. The molecule has 0 radical (unpaired) electrons. The fourth-order valence-electron chi connectivity index (χ4n) is 3.76. The van der Waals surface area contributed by atoms with E-state index in [1.807, 2.05) is 0 Å². The van der Waals surface area contributed by atoms with Crippen molar-refractivity contribution in [1.82, 2.24) is 10.6 Å². The van der Waals surface area contributed by atoms with Gasteiger partial charge in [0, 0.05) is 17.7 Å². The molecule has 2 amide bonds. The van der Waals surface area contributed by atoms with Crippen molar-refractivity contribution in [2.45, 2.75) is 37.3 Å². The standard InChI is InChI=1S/C26H20F6N2O2/c27-25(28,29)17-5-3-4-16(14-17)23(26(30,31)32)34-22(35)13-9-15-8-12-21(24(36)33-18-10-11-18)20-7-2-1-6-19(15)20/h1-9,12-14,18,23H,10-11H2,(H,33,36)(H,34,35). The summed E-state index contributed by atoms with van der Waals surface area (Å²) in [6.07, 6.45) is -5.87. The number of alkyl halides is 6. The highest BCUT2D eigenvalue weighted by atomic mass is 19.4. The third-order valence-electron chi connectivity index (χ3n) is 5.69. The second-order valence-electron chi connectivity index (χ2n) is 8.44. The van der Waals surface area contributed by atoms with Gasteiger partial charge in [0.1, 0.15) is 0 Å². The number of hydrogen-bond acceptors (Lipinski definition) is 2. The van der Waals surface area contributed by atoms with E-state index in [4.69, 9.17) is 0 Å². The number of fused-ring (bicyclic) bond motifs is 1. The average molecular weight is 506 g/mol. The fraction of sp³-hybridized carbons (Fsp3) is 0.231. The highest BCUT2D eigenvalue weighted by Gasteiger charge is 2.42. The van der Waals surface area contributed by atoms with Crippen LogP contribution in [-0.4, -0.2) is 24.0 Å². The third kappa shape index (κ3) is 5.87. The van der Waals surface area contributed by atoms with Crippen molar-refractivity contribution in [3.8, 4) is 0 Å². The molecule has 0 spiro atoms. The summed E-state index contributed by atoms with van der Waals surface area (Å²) in [5.41, 5.74) is -1.08. The molecule has 4 nitrogen and oxygen atoms in total. The maximum Gasteiger partial charge on any atom is 0.416 e. The van der Waals surface area contributed by atoms with Gasteiger partial charge in [0.2, 0.25) is 5.91 Å². The molecule has 1 aliphatic rings. The van der Waals surface area contributed by atoms with E-state index in [9.17, 15) is 35.9 Å². The van der Waals surface area contributed by atoms with Gasteiger partial charge in [0.25, 0.3) is 5.91 Å². The van der Waals surface area contributed by atoms with Crippen LogP contribution in [0.3, 0.4) is 0 Å². The van der Waals surface area contributed by atoms with Gasteiger partial charge in [-0.15, -0.1) is 0 Å². The SMILES string of the molecule is O=C(C=Cc1ccc(C(=O)NC2CC2)c2ccccc12)NC(c1cccc(C(F)(F)F)c1)C(F)(F)F. The quantitative estimate of drug-likeness (QED) is 0.310. The molecule has 1 aliphatic carbocycles. The lowest BCUT2D eigenvalue weighted by molar-refractivity contribution is -0.162. The van der Waals surface area contributed by atoms with Gasteiger partial charge in [-0.25, -0.2) is 0 Å². The molecule has 3 aromatic carbocycles. The van der Waals surface area contributed by atoms with Gasteiger partial charge < -0.3 is 10.6 Å². The van der Waals surface area contributed by atoms with Crippen molar-refractivity contribution in [2.75, 3.05) is 0 Å². The lowest BCUT2D eigenvalue weighted by Gasteiger charge is -2.22. The van der Waals surface area contributed by atoms with Crippen LogP contribution in [0.5, 0.6) is 0 Å². The van der Waals surface area contributed by atoms with Gasteiger partial charge in [-0.05, 0) is 59.0 Å². The van der Waals surface area contributed by atoms with Crippen molar-refractivity contribution in [3.05, 3.63) is 89.0 Å². The molecule has 0 saturated heterocycles. The Morgan fingerprint density at radius 1 is 0.889 bits per heavy atom. The molecular weight excluding hydrogens is 486 g/mol. The summed E-state index contributed by atoms with van der Waals surface area (Å²) >= 11 is 0. The Kier molecular flexibility index (Phi) is 6.79. The Morgan fingerprint density at radius 3 is 2.22 bits per heavy atom. The van der Waals surface area contributed by atoms with Crippen LogP contribution in [0.1, 0.15) is 45.9 Å². The first-order chi connectivity index (χ1) is 16.9. The van der Waals surface area contributed by atoms with Crippen molar-refractivity contribution < 1.29 is 35.9 Å². The van der Waals surface area contributed by atoms with Crippen LogP contribution >= 0.6 is 0 Å². The van der Waals surface area contributed by atoms with Crippen LogP contribution in [-0.2, 0) is 11.0 Å². The van der Waals surface area contributed by atoms with Crippen LogP contribution in [0.4, 0.5) is 26.3 Å².